The molecule has 9 heteroatoms. The molecule has 1 aliphatic rings. The first kappa shape index (κ1) is 16.0. The summed E-state index contributed by atoms with van der Waals surface area (Å²) in [7, 11) is -3.22. The van der Waals surface area contributed by atoms with Gasteiger partial charge in [0.05, 0.1) is 0 Å². The number of hydrogen-bond acceptors (Lipinski definition) is 7. The Hall–Kier alpha value is -1.35. The van der Waals surface area contributed by atoms with Gasteiger partial charge in [0.2, 0.25) is 5.95 Å². The molecule has 21 heavy (non-hydrogen) atoms. The molecule has 0 radical (unpaired) electrons. The quantitative estimate of drug-likeness (QED) is 0.606. The van der Waals surface area contributed by atoms with Crippen molar-refractivity contribution in [3.63, 3.8) is 0 Å². The van der Waals surface area contributed by atoms with Gasteiger partial charge in [0.1, 0.15) is 16.9 Å². The van der Waals surface area contributed by atoms with Gasteiger partial charge in [0.15, 0.2) is 9.84 Å². The number of sulfone groups is 1. The Morgan fingerprint density at radius 1 is 1.57 bits per heavy atom. The fourth-order valence-corrected chi connectivity index (χ4v) is 5.08. The molecule has 1 aliphatic heterocycles. The van der Waals surface area contributed by atoms with Crippen LogP contribution in [0.2, 0.25) is 0 Å². The van der Waals surface area contributed by atoms with Crippen molar-refractivity contribution >= 4 is 33.4 Å². The van der Waals surface area contributed by atoms with Crippen LogP contribution >= 0.6 is 11.8 Å². The number of nitrogens with one attached hydrogen (secondary N) is 1. The van der Waals surface area contributed by atoms with Crippen LogP contribution in [0.4, 0.5) is 5.95 Å². The lowest BCUT2D eigenvalue weighted by Crippen LogP contribution is -2.49. The van der Waals surface area contributed by atoms with Crippen LogP contribution in [0.1, 0.15) is 18.3 Å². The number of anilines is 1. The molecule has 0 spiro atoms. The zero-order valence-corrected chi connectivity index (χ0v) is 13.7. The zero-order chi connectivity index (χ0) is 15.6. The molecule has 0 aromatic carbocycles. The summed E-state index contributed by atoms with van der Waals surface area (Å²) in [6.07, 6.45) is 0. The van der Waals surface area contributed by atoms with Crippen molar-refractivity contribution in [2.24, 2.45) is 5.73 Å². The van der Waals surface area contributed by atoms with Crippen LogP contribution in [-0.4, -0.2) is 53.4 Å². The number of aryl methyl sites for hydroxylation is 1. The minimum Gasteiger partial charge on any atom is -0.382 e. The molecule has 0 bridgehead atoms. The summed E-state index contributed by atoms with van der Waals surface area (Å²) in [5.41, 5.74) is 6.47. The second-order valence-electron chi connectivity index (χ2n) is 4.78. The molecule has 0 aliphatic carbocycles. The minimum atomic E-state index is -3.22. The molecule has 1 saturated heterocycles. The van der Waals surface area contributed by atoms with E-state index in [1.165, 1.54) is 0 Å². The van der Waals surface area contributed by atoms with Gasteiger partial charge in [-0.25, -0.2) is 18.4 Å². The third kappa shape index (κ3) is 3.46. The van der Waals surface area contributed by atoms with E-state index >= 15 is 0 Å². The first-order chi connectivity index (χ1) is 9.85. The molecule has 1 aromatic rings. The Labute approximate surface area is 128 Å². The van der Waals surface area contributed by atoms with Crippen molar-refractivity contribution < 1.29 is 8.42 Å². The van der Waals surface area contributed by atoms with Gasteiger partial charge in [-0.2, -0.15) is 11.8 Å². The average Bonchev–Trinajstić information content (AvgIpc) is 2.46. The van der Waals surface area contributed by atoms with Crippen LogP contribution in [-0.2, 0) is 9.84 Å². The summed E-state index contributed by atoms with van der Waals surface area (Å²) in [6, 6.07) is 1.62. The minimum absolute atomic E-state index is 0.0834. The molecule has 116 valence electrons. The van der Waals surface area contributed by atoms with E-state index < -0.39 is 15.2 Å². The molecule has 0 amide bonds. The summed E-state index contributed by atoms with van der Waals surface area (Å²) in [4.78, 5) is 10.3. The highest BCUT2D eigenvalue weighted by Crippen LogP contribution is 2.25. The van der Waals surface area contributed by atoms with E-state index in [1.807, 2.05) is 0 Å². The number of hydrogen-bond donors (Lipinski definition) is 2. The lowest BCUT2D eigenvalue weighted by molar-refractivity contribution is 0.577. The molecule has 2 heterocycles. The maximum atomic E-state index is 12.3. The maximum Gasteiger partial charge on any atom is 0.227 e. The van der Waals surface area contributed by atoms with E-state index in [1.54, 1.807) is 36.6 Å². The molecule has 1 unspecified atom stereocenters. The number of nitrogens with zero attached hydrogens (tertiary/aromatic N) is 3. The van der Waals surface area contributed by atoms with Gasteiger partial charge in [-0.1, -0.05) is 6.92 Å². The Balaban J connectivity index is 2.45. The van der Waals surface area contributed by atoms with E-state index in [2.05, 4.69) is 9.97 Å². The van der Waals surface area contributed by atoms with E-state index in [0.717, 1.165) is 5.75 Å². The maximum absolute atomic E-state index is 12.3. The van der Waals surface area contributed by atoms with E-state index in [-0.39, 0.29) is 11.6 Å². The first-order valence-corrected chi connectivity index (χ1v) is 9.48. The van der Waals surface area contributed by atoms with Crippen molar-refractivity contribution in [2.75, 3.05) is 28.7 Å². The molecule has 2 rings (SSSR count). The van der Waals surface area contributed by atoms with E-state index in [9.17, 15) is 8.42 Å². The largest absolute Gasteiger partial charge is 0.382 e. The van der Waals surface area contributed by atoms with Crippen LogP contribution < -0.4 is 10.6 Å². The zero-order valence-electron chi connectivity index (χ0n) is 12.0. The van der Waals surface area contributed by atoms with Crippen molar-refractivity contribution in [3.05, 3.63) is 17.5 Å². The third-order valence-corrected chi connectivity index (χ3v) is 6.57. The molecule has 1 atom stereocenters. The monoisotopic (exact) mass is 329 g/mol. The fraction of sp³-hybridized carbons (Fsp3) is 0.583. The molecule has 3 N–H and O–H groups in total. The van der Waals surface area contributed by atoms with Crippen molar-refractivity contribution in [3.8, 4) is 0 Å². The van der Waals surface area contributed by atoms with Gasteiger partial charge < -0.3 is 10.6 Å². The van der Waals surface area contributed by atoms with E-state index in [0.29, 0.717) is 29.6 Å². The number of amidine groups is 1. The molecule has 0 saturated carbocycles. The van der Waals surface area contributed by atoms with Crippen LogP contribution in [0.5, 0.6) is 0 Å². The second-order valence-corrected chi connectivity index (χ2v) is 8.38. The van der Waals surface area contributed by atoms with Gasteiger partial charge in [-0.3, -0.25) is 5.41 Å². The number of nitrogens with two attached hydrogens (primary N) is 1. The third-order valence-electron chi connectivity index (χ3n) is 3.28. The predicted molar refractivity (Wildman–Crippen MR) is 85.7 cm³/mol. The summed E-state index contributed by atoms with van der Waals surface area (Å²) < 4.78 is 24.5. The van der Waals surface area contributed by atoms with Crippen LogP contribution in [0.25, 0.3) is 0 Å². The van der Waals surface area contributed by atoms with Crippen molar-refractivity contribution in [2.45, 2.75) is 19.2 Å². The normalized spacial score (nSPS) is 19.5. The predicted octanol–water partition coefficient (Wildman–Crippen LogP) is 0.383. The summed E-state index contributed by atoms with van der Waals surface area (Å²) in [5, 5.41) is 6.88. The van der Waals surface area contributed by atoms with Gasteiger partial charge >= 0.3 is 0 Å². The van der Waals surface area contributed by atoms with E-state index in [4.69, 9.17) is 11.1 Å². The second kappa shape index (κ2) is 6.18. The van der Waals surface area contributed by atoms with Crippen LogP contribution in [0, 0.1) is 12.3 Å². The average molecular weight is 329 g/mol. The Bertz CT molecular complexity index is 647. The molecular formula is C12H19N5O2S2. The summed E-state index contributed by atoms with van der Waals surface area (Å²) >= 11 is 1.62. The topological polar surface area (TPSA) is 113 Å². The molecule has 1 fully saturated rings. The molecule has 1 aromatic heterocycles. The highest BCUT2D eigenvalue weighted by molar-refractivity contribution is 8.01. The highest BCUT2D eigenvalue weighted by Gasteiger charge is 2.34. The Morgan fingerprint density at radius 3 is 2.90 bits per heavy atom. The Kier molecular flexibility index (Phi) is 4.72. The van der Waals surface area contributed by atoms with Crippen LogP contribution in [0.3, 0.4) is 0 Å². The van der Waals surface area contributed by atoms with Gasteiger partial charge in [-0.05, 0) is 13.0 Å². The van der Waals surface area contributed by atoms with Crippen molar-refractivity contribution in [1.29, 1.82) is 5.41 Å². The number of rotatable bonds is 4. The lowest BCUT2D eigenvalue weighted by Gasteiger charge is -2.34. The Morgan fingerprint density at radius 2 is 2.29 bits per heavy atom. The standard InChI is InChI=1S/C12H19N5O2S2/c1-3-21(18,19)10-7-20-5-4-17(10)12-15-8(2)6-9(16-12)11(13)14/h6,10H,3-5,7H2,1-2H3,(H3,13,14). The smallest absolute Gasteiger partial charge is 0.227 e. The van der Waals surface area contributed by atoms with Crippen LogP contribution in [0.15, 0.2) is 6.07 Å². The molecular weight excluding hydrogens is 310 g/mol. The summed E-state index contributed by atoms with van der Waals surface area (Å²) in [5.74, 6) is 1.59. The number of nitrogen functional groups attached to an aromatic ring is 1. The SMILES string of the molecule is CCS(=O)(=O)C1CSCCN1c1nc(C)cc(C(=N)N)n1. The number of aromatic nitrogens is 2. The molecule has 7 nitrogen and oxygen atoms in total. The van der Waals surface area contributed by atoms with Gasteiger partial charge in [0, 0.05) is 29.5 Å². The number of thioether (sulfide) groups is 1. The van der Waals surface area contributed by atoms with Gasteiger partial charge in [0.25, 0.3) is 0 Å². The van der Waals surface area contributed by atoms with Gasteiger partial charge in [-0.15, -0.1) is 0 Å². The summed E-state index contributed by atoms with van der Waals surface area (Å²) in [6.45, 7) is 3.99. The first-order valence-electron chi connectivity index (χ1n) is 6.61. The highest BCUT2D eigenvalue weighted by atomic mass is 32.2. The fourth-order valence-electron chi connectivity index (χ4n) is 2.12. The lowest BCUT2D eigenvalue weighted by atomic mass is 10.3. The van der Waals surface area contributed by atoms with Crippen molar-refractivity contribution in [1.82, 2.24) is 9.97 Å².